The van der Waals surface area contributed by atoms with Crippen LogP contribution in [0.25, 0.3) is 10.9 Å². The summed E-state index contributed by atoms with van der Waals surface area (Å²) >= 11 is 1.30. The van der Waals surface area contributed by atoms with Crippen LogP contribution >= 0.6 is 11.3 Å². The molecule has 3 amide bonds. The highest BCUT2D eigenvalue weighted by Crippen LogP contribution is 2.39. The summed E-state index contributed by atoms with van der Waals surface area (Å²) in [6.45, 7) is 13.4. The number of carbonyl (C=O) groups excluding carboxylic acids is 4. The monoisotopic (exact) mass is 1090 g/mol. The van der Waals surface area contributed by atoms with Crippen molar-refractivity contribution in [1.29, 1.82) is 0 Å². The van der Waals surface area contributed by atoms with Crippen LogP contribution in [0.1, 0.15) is 121 Å². The number of amides is 3. The Morgan fingerprint density at radius 1 is 0.909 bits per heavy atom. The zero-order valence-corrected chi connectivity index (χ0v) is 46.1. The van der Waals surface area contributed by atoms with E-state index in [0.29, 0.717) is 116 Å². The second-order valence-corrected chi connectivity index (χ2v) is 24.7. The molecule has 9 rings (SSSR count). The van der Waals surface area contributed by atoms with Gasteiger partial charge in [0.05, 0.1) is 34.5 Å². The van der Waals surface area contributed by atoms with Gasteiger partial charge in [-0.15, -0.1) is 11.3 Å². The molecule has 3 atom stereocenters. The number of hydrogen-bond acceptors (Lipinski definition) is 17. The summed E-state index contributed by atoms with van der Waals surface area (Å²) in [7, 11) is -2.17. The average molecular weight is 1090 g/mol. The van der Waals surface area contributed by atoms with E-state index in [0.717, 1.165) is 30.5 Å². The molecule has 408 valence electrons. The summed E-state index contributed by atoms with van der Waals surface area (Å²) in [5, 5.41) is 19.3. The number of ether oxygens (including phenoxy) is 1. The average Bonchev–Trinajstić information content (AvgIpc) is 4.24. The van der Waals surface area contributed by atoms with Gasteiger partial charge in [-0.25, -0.2) is 37.7 Å². The number of sulfone groups is 1. The molecule has 3 aliphatic heterocycles. The standard InChI is InChI=1S/C54H66FN13O7S2/c1-31-32(2)64-65-47(31)63-48-39-25-44(77(73,74)54(4,5)6)43(26-40(39)59-30-60-48)75-24-18-34-14-20-67(21-15-34)53-57-27-37(28-58-53)51(71)66-22-16-35(17-23-66)45(62-49(70)33(3)56-7)52(72)68-19-8-9-42(68)50-61-41(29-76-50)46(69)36-10-12-38(55)13-11-36/h10-13,25-30,33-35,42,45,56H,8-9,14-24H2,1-7H3,(H,62,70)(H2,59,60,63,64,65)/t33-,42-,45-/m0/s1. The molecule has 3 fully saturated rings. The van der Waals surface area contributed by atoms with Crippen LogP contribution in [-0.2, 0) is 19.4 Å². The van der Waals surface area contributed by atoms with Gasteiger partial charge in [-0.1, -0.05) is 0 Å². The van der Waals surface area contributed by atoms with Gasteiger partial charge in [0.25, 0.3) is 5.91 Å². The number of aromatic nitrogens is 7. The van der Waals surface area contributed by atoms with Crippen LogP contribution in [-0.4, -0.2) is 140 Å². The number of likely N-dealkylation sites (tertiary alicyclic amines) is 2. The first-order valence-corrected chi connectivity index (χ1v) is 28.5. The van der Waals surface area contributed by atoms with Gasteiger partial charge >= 0.3 is 0 Å². The summed E-state index contributed by atoms with van der Waals surface area (Å²) in [6, 6.07) is 6.79. The topological polar surface area (TPSA) is 251 Å². The third-order valence-corrected chi connectivity index (χ3v) is 18.7. The lowest BCUT2D eigenvalue weighted by atomic mass is 9.87. The lowest BCUT2D eigenvalue weighted by molar-refractivity contribution is -0.139. The number of fused-ring (bicyclic) bond motifs is 1. The largest absolute Gasteiger partial charge is 0.492 e. The Morgan fingerprint density at radius 3 is 2.29 bits per heavy atom. The van der Waals surface area contributed by atoms with Gasteiger partial charge in [-0.2, -0.15) is 5.10 Å². The maximum atomic E-state index is 14.6. The number of aryl methyl sites for hydroxylation is 1. The predicted octanol–water partition coefficient (Wildman–Crippen LogP) is 6.90. The Balaban J connectivity index is 0.787. The van der Waals surface area contributed by atoms with E-state index in [9.17, 15) is 32.0 Å². The number of hydrogen-bond donors (Lipinski definition) is 4. The Labute approximate surface area is 451 Å². The molecule has 0 bridgehead atoms. The van der Waals surface area contributed by atoms with Crippen molar-refractivity contribution in [3.05, 3.63) is 99.4 Å². The minimum absolute atomic E-state index is 0.0716. The fourth-order valence-corrected chi connectivity index (χ4v) is 12.3. The molecule has 3 saturated heterocycles. The fraction of sp³-hybridized carbons (Fsp3) is 0.481. The van der Waals surface area contributed by atoms with Gasteiger partial charge in [0.15, 0.2) is 15.7 Å². The molecule has 0 saturated carbocycles. The second-order valence-electron chi connectivity index (χ2n) is 21.2. The number of rotatable bonds is 17. The smallest absolute Gasteiger partial charge is 0.256 e. The highest BCUT2D eigenvalue weighted by atomic mass is 32.2. The van der Waals surface area contributed by atoms with E-state index in [1.807, 2.05) is 13.8 Å². The first-order valence-electron chi connectivity index (χ1n) is 26.2. The van der Waals surface area contributed by atoms with Crippen molar-refractivity contribution in [3.8, 4) is 5.75 Å². The van der Waals surface area contributed by atoms with Gasteiger partial charge in [0, 0.05) is 78.8 Å². The number of benzene rings is 2. The van der Waals surface area contributed by atoms with E-state index >= 15 is 0 Å². The number of piperidine rings is 2. The molecular formula is C54H66FN13O7S2. The Hall–Kier alpha value is -6.98. The zero-order valence-electron chi connectivity index (χ0n) is 44.4. The number of halogens is 1. The van der Waals surface area contributed by atoms with Crippen molar-refractivity contribution in [2.24, 2.45) is 11.8 Å². The summed E-state index contributed by atoms with van der Waals surface area (Å²) < 4.78 is 46.8. The highest BCUT2D eigenvalue weighted by molar-refractivity contribution is 7.92. The first kappa shape index (κ1) is 54.8. The molecule has 0 unspecified atom stereocenters. The SMILES string of the molecule is CN[C@@H](C)C(=O)N[C@H](C(=O)N1CCC[C@H]1c1nc(C(=O)c2ccc(F)cc2)cs1)C1CCN(C(=O)c2cnc(N3CCC(CCOc4cc5ncnc(Nc6n[nH]c(C)c6C)c5cc4S(=O)(=O)C(C)(C)C)CC3)nc2)CC1. The van der Waals surface area contributed by atoms with Crippen molar-refractivity contribution >= 4 is 73.2 Å². The molecule has 23 heteroatoms. The lowest BCUT2D eigenvalue weighted by Gasteiger charge is -2.38. The fourth-order valence-electron chi connectivity index (χ4n) is 10.1. The van der Waals surface area contributed by atoms with E-state index in [1.54, 1.807) is 74.4 Å². The van der Waals surface area contributed by atoms with Crippen LogP contribution in [0.3, 0.4) is 0 Å². The van der Waals surface area contributed by atoms with Gasteiger partial charge in [-0.05, 0) is 136 Å². The molecular weight excluding hydrogens is 1030 g/mol. The normalized spacial score (nSPS) is 17.6. The van der Waals surface area contributed by atoms with Crippen molar-refractivity contribution < 1.29 is 36.7 Å². The molecule has 0 radical (unpaired) electrons. The lowest BCUT2D eigenvalue weighted by Crippen LogP contribution is -2.57. The number of nitrogens with zero attached hydrogens (tertiary/aromatic N) is 9. The first-order chi connectivity index (χ1) is 36.8. The van der Waals surface area contributed by atoms with E-state index in [4.69, 9.17) is 4.74 Å². The molecule has 0 aliphatic carbocycles. The van der Waals surface area contributed by atoms with E-state index in [1.165, 1.54) is 41.9 Å². The summed E-state index contributed by atoms with van der Waals surface area (Å²) in [5.74, 6) is 0.310. The number of H-pyrrole nitrogens is 1. The Kier molecular flexibility index (Phi) is 16.3. The molecule has 6 aromatic rings. The molecule has 3 aliphatic rings. The van der Waals surface area contributed by atoms with Crippen LogP contribution in [0.5, 0.6) is 5.75 Å². The Morgan fingerprint density at radius 2 is 1.62 bits per heavy atom. The number of ketones is 1. The van der Waals surface area contributed by atoms with E-state index in [-0.39, 0.29) is 51.8 Å². The van der Waals surface area contributed by atoms with E-state index < -0.39 is 32.5 Å². The maximum Gasteiger partial charge on any atom is 0.256 e. The molecule has 20 nitrogen and oxygen atoms in total. The van der Waals surface area contributed by atoms with E-state index in [2.05, 4.69) is 56.0 Å². The maximum absolute atomic E-state index is 14.6. The van der Waals surface area contributed by atoms with Crippen LogP contribution in [0.15, 0.2) is 65.4 Å². The van der Waals surface area contributed by atoms with Crippen LogP contribution in [0.4, 0.5) is 22.0 Å². The van der Waals surface area contributed by atoms with Crippen molar-refractivity contribution in [1.82, 2.24) is 55.6 Å². The number of thiazole rings is 1. The van der Waals surface area contributed by atoms with Crippen molar-refractivity contribution in [2.75, 3.05) is 56.6 Å². The number of carbonyl (C=O) groups is 4. The van der Waals surface area contributed by atoms with Gasteiger partial charge < -0.3 is 35.4 Å². The summed E-state index contributed by atoms with van der Waals surface area (Å²) in [6.07, 6.45) is 9.23. The van der Waals surface area contributed by atoms with Crippen LogP contribution < -0.4 is 25.6 Å². The molecule has 2 aromatic carbocycles. The molecule has 4 aromatic heterocycles. The zero-order chi connectivity index (χ0) is 54.8. The third-order valence-electron chi connectivity index (χ3n) is 15.2. The predicted molar refractivity (Wildman–Crippen MR) is 290 cm³/mol. The van der Waals surface area contributed by atoms with Crippen LogP contribution in [0, 0.1) is 31.5 Å². The molecule has 77 heavy (non-hydrogen) atoms. The van der Waals surface area contributed by atoms with Crippen molar-refractivity contribution in [3.63, 3.8) is 0 Å². The van der Waals surface area contributed by atoms with Crippen molar-refractivity contribution in [2.45, 2.75) is 114 Å². The number of nitrogens with one attached hydrogen (secondary N) is 4. The minimum Gasteiger partial charge on any atom is -0.492 e. The second kappa shape index (κ2) is 22.9. The number of aromatic amines is 1. The quantitative estimate of drug-likeness (QED) is 0.0678. The molecule has 7 heterocycles. The summed E-state index contributed by atoms with van der Waals surface area (Å²) in [5.41, 5.74) is 3.24. The molecule has 0 spiro atoms. The highest BCUT2D eigenvalue weighted by Gasteiger charge is 2.42. The van der Waals surface area contributed by atoms with Gasteiger partial charge in [-0.3, -0.25) is 24.3 Å². The molecule has 4 N–H and O–H groups in total. The number of anilines is 3. The third kappa shape index (κ3) is 11.8. The van der Waals surface area contributed by atoms with Crippen LogP contribution in [0.2, 0.25) is 0 Å². The minimum atomic E-state index is -3.85. The number of likely N-dealkylation sites (N-methyl/N-ethyl adjacent to an activating group) is 1. The summed E-state index contributed by atoms with van der Waals surface area (Å²) in [4.78, 5) is 83.4. The van der Waals surface area contributed by atoms with Gasteiger partial charge in [0.1, 0.15) is 45.4 Å². The van der Waals surface area contributed by atoms with Gasteiger partial charge in [0.2, 0.25) is 23.5 Å². The Bertz CT molecular complexity index is 3240.